The molecule has 0 bridgehead atoms. The van der Waals surface area contributed by atoms with E-state index in [0.717, 1.165) is 5.56 Å². The molecule has 0 aliphatic carbocycles. The highest BCUT2D eigenvalue weighted by Gasteiger charge is 2.47. The van der Waals surface area contributed by atoms with Gasteiger partial charge in [0.15, 0.2) is 6.61 Å². The van der Waals surface area contributed by atoms with Crippen molar-refractivity contribution in [3.05, 3.63) is 59.9 Å². The lowest BCUT2D eigenvalue weighted by Crippen LogP contribution is -2.46. The van der Waals surface area contributed by atoms with E-state index in [1.807, 2.05) is 18.2 Å². The first-order valence-electron chi connectivity index (χ1n) is 8.31. The second kappa shape index (κ2) is 6.20. The van der Waals surface area contributed by atoms with E-state index in [1.54, 1.807) is 35.5 Å². The van der Waals surface area contributed by atoms with Crippen LogP contribution in [0.25, 0.3) is 0 Å². The van der Waals surface area contributed by atoms with Gasteiger partial charge in [-0.3, -0.25) is 9.78 Å². The molecule has 6 nitrogen and oxygen atoms in total. The van der Waals surface area contributed by atoms with Gasteiger partial charge >= 0.3 is 5.97 Å². The molecule has 2 aliphatic rings. The van der Waals surface area contributed by atoms with Crippen LogP contribution in [0.3, 0.4) is 0 Å². The van der Waals surface area contributed by atoms with E-state index < -0.39 is 5.60 Å². The van der Waals surface area contributed by atoms with Crippen molar-refractivity contribution in [2.45, 2.75) is 18.4 Å². The number of hydrogen-bond donors (Lipinski definition) is 0. The van der Waals surface area contributed by atoms with Crippen LogP contribution in [0.2, 0.25) is 0 Å². The second-order valence-electron chi connectivity index (χ2n) is 6.29. The normalized spacial score (nSPS) is 17.9. The molecule has 1 aromatic carbocycles. The number of benzene rings is 1. The minimum atomic E-state index is -0.589. The van der Waals surface area contributed by atoms with Crippen molar-refractivity contribution in [1.82, 2.24) is 9.88 Å². The van der Waals surface area contributed by atoms with Gasteiger partial charge in [-0.15, -0.1) is 0 Å². The van der Waals surface area contributed by atoms with E-state index >= 15 is 0 Å². The zero-order chi connectivity index (χ0) is 17.3. The number of likely N-dealkylation sites (tertiary alicyclic amines) is 1. The number of hydrogen-bond acceptors (Lipinski definition) is 5. The molecule has 3 heterocycles. The van der Waals surface area contributed by atoms with Crippen molar-refractivity contribution in [2.75, 3.05) is 19.7 Å². The molecule has 2 aliphatic heterocycles. The van der Waals surface area contributed by atoms with Gasteiger partial charge in [0, 0.05) is 37.7 Å². The second-order valence-corrected chi connectivity index (χ2v) is 6.29. The lowest BCUT2D eigenvalue weighted by atomic mass is 9.84. The van der Waals surface area contributed by atoms with Crippen LogP contribution in [0.1, 0.15) is 28.8 Å². The number of ether oxygens (including phenoxy) is 2. The van der Waals surface area contributed by atoms with Gasteiger partial charge in [-0.05, 0) is 18.2 Å². The molecular formula is C19H18N2O4. The summed E-state index contributed by atoms with van der Waals surface area (Å²) in [6, 6.07) is 11.0. The molecule has 4 rings (SSSR count). The number of rotatable bonds is 3. The maximum absolute atomic E-state index is 12.4. The maximum atomic E-state index is 12.4. The minimum Gasteiger partial charge on any atom is -0.482 e. The Morgan fingerprint density at radius 1 is 1.20 bits per heavy atom. The molecular weight excluding hydrogens is 320 g/mol. The number of pyridine rings is 1. The van der Waals surface area contributed by atoms with E-state index in [9.17, 15) is 9.59 Å². The third-order valence-electron chi connectivity index (χ3n) is 4.85. The minimum absolute atomic E-state index is 0.0188. The molecule has 2 aromatic rings. The Hall–Kier alpha value is -2.89. The van der Waals surface area contributed by atoms with E-state index in [4.69, 9.17) is 9.47 Å². The first-order chi connectivity index (χ1) is 12.2. The largest absolute Gasteiger partial charge is 0.482 e. The Bertz CT molecular complexity index is 798. The summed E-state index contributed by atoms with van der Waals surface area (Å²) in [5.74, 6) is 0.231. The molecule has 128 valence electrons. The summed E-state index contributed by atoms with van der Waals surface area (Å²) in [5.41, 5.74) is 0.996. The number of piperidine rings is 1. The van der Waals surface area contributed by atoms with Crippen molar-refractivity contribution in [2.24, 2.45) is 0 Å². The van der Waals surface area contributed by atoms with Crippen LogP contribution >= 0.6 is 0 Å². The third-order valence-corrected chi connectivity index (χ3v) is 4.85. The monoisotopic (exact) mass is 338 g/mol. The average molecular weight is 338 g/mol. The zero-order valence-corrected chi connectivity index (χ0v) is 13.7. The van der Waals surface area contributed by atoms with E-state index in [1.165, 1.54) is 0 Å². The summed E-state index contributed by atoms with van der Waals surface area (Å²) in [7, 11) is 0. The number of esters is 1. The van der Waals surface area contributed by atoms with Crippen molar-refractivity contribution in [1.29, 1.82) is 0 Å². The van der Waals surface area contributed by atoms with Crippen molar-refractivity contribution < 1.29 is 19.1 Å². The molecule has 1 saturated heterocycles. The molecule has 0 atom stereocenters. The highest BCUT2D eigenvalue weighted by molar-refractivity contribution is 5.94. The molecule has 25 heavy (non-hydrogen) atoms. The van der Waals surface area contributed by atoms with E-state index in [2.05, 4.69) is 4.98 Å². The zero-order valence-electron chi connectivity index (χ0n) is 13.7. The third kappa shape index (κ3) is 2.84. The van der Waals surface area contributed by atoms with Gasteiger partial charge in [0.2, 0.25) is 0 Å². The van der Waals surface area contributed by atoms with Crippen LogP contribution in [-0.4, -0.2) is 41.5 Å². The van der Waals surface area contributed by atoms with Crippen LogP contribution in [0.5, 0.6) is 5.75 Å². The summed E-state index contributed by atoms with van der Waals surface area (Å²) in [4.78, 5) is 30.2. The first kappa shape index (κ1) is 15.6. The van der Waals surface area contributed by atoms with Crippen LogP contribution in [-0.2, 0) is 15.1 Å². The Labute approximate surface area is 145 Å². The lowest BCUT2D eigenvalue weighted by molar-refractivity contribution is -0.137. The van der Waals surface area contributed by atoms with Crippen LogP contribution < -0.4 is 4.74 Å². The fourth-order valence-electron chi connectivity index (χ4n) is 3.50. The molecule has 6 heteroatoms. The van der Waals surface area contributed by atoms with Crippen LogP contribution in [0, 0.1) is 0 Å². The summed E-state index contributed by atoms with van der Waals surface area (Å²) in [5, 5.41) is 0. The first-order valence-corrected chi connectivity index (χ1v) is 8.31. The van der Waals surface area contributed by atoms with Crippen molar-refractivity contribution in [3.8, 4) is 5.75 Å². The van der Waals surface area contributed by atoms with E-state index in [-0.39, 0.29) is 18.5 Å². The van der Waals surface area contributed by atoms with Gasteiger partial charge in [0.25, 0.3) is 5.91 Å². The number of amides is 1. The highest BCUT2D eigenvalue weighted by atomic mass is 16.6. The molecule has 1 spiro atoms. The Balaban J connectivity index is 1.39. The predicted molar refractivity (Wildman–Crippen MR) is 89.1 cm³/mol. The summed E-state index contributed by atoms with van der Waals surface area (Å²) in [6.45, 7) is 1.06. The predicted octanol–water partition coefficient (Wildman–Crippen LogP) is 2.15. The molecule has 0 unspecified atom stereocenters. The summed E-state index contributed by atoms with van der Waals surface area (Å²) in [6.07, 6.45) is 4.44. The smallest absolute Gasteiger partial charge is 0.339 e. The van der Waals surface area contributed by atoms with Gasteiger partial charge in [0.05, 0.1) is 11.8 Å². The van der Waals surface area contributed by atoms with Gasteiger partial charge in [-0.1, -0.05) is 18.2 Å². The standard InChI is InChI=1S/C19H18N2O4/c22-17(13-24-14-4-3-9-20-12-14)21-10-7-19(8-11-21)16-6-2-1-5-15(16)18(23)25-19/h1-6,9,12H,7-8,10-11,13H2. The fraction of sp³-hybridized carbons (Fsp3) is 0.316. The molecule has 1 amide bonds. The average Bonchev–Trinajstić information content (AvgIpc) is 2.93. The van der Waals surface area contributed by atoms with Crippen LogP contribution in [0.4, 0.5) is 0 Å². The van der Waals surface area contributed by atoms with Gasteiger partial charge in [-0.2, -0.15) is 0 Å². The van der Waals surface area contributed by atoms with Crippen molar-refractivity contribution >= 4 is 11.9 Å². The number of carbonyl (C=O) groups excluding carboxylic acids is 2. The van der Waals surface area contributed by atoms with Gasteiger partial charge < -0.3 is 14.4 Å². The van der Waals surface area contributed by atoms with Crippen molar-refractivity contribution in [3.63, 3.8) is 0 Å². The molecule has 0 radical (unpaired) electrons. The lowest BCUT2D eigenvalue weighted by Gasteiger charge is -2.38. The number of carbonyl (C=O) groups is 2. The Morgan fingerprint density at radius 3 is 2.76 bits per heavy atom. The number of fused-ring (bicyclic) bond motifs is 2. The Kier molecular flexibility index (Phi) is 3.87. The number of aromatic nitrogens is 1. The molecule has 1 aromatic heterocycles. The summed E-state index contributed by atoms with van der Waals surface area (Å²) >= 11 is 0. The van der Waals surface area contributed by atoms with Crippen LogP contribution in [0.15, 0.2) is 48.8 Å². The molecule has 0 N–H and O–H groups in total. The number of nitrogens with zero attached hydrogens (tertiary/aromatic N) is 2. The quantitative estimate of drug-likeness (QED) is 0.802. The fourth-order valence-corrected chi connectivity index (χ4v) is 3.50. The molecule has 1 fully saturated rings. The highest BCUT2D eigenvalue weighted by Crippen LogP contribution is 2.43. The van der Waals surface area contributed by atoms with Gasteiger partial charge in [-0.25, -0.2) is 4.79 Å². The molecule has 0 saturated carbocycles. The maximum Gasteiger partial charge on any atom is 0.339 e. The SMILES string of the molecule is O=C1OC2(CCN(C(=O)COc3cccnc3)CC2)c2ccccc21. The summed E-state index contributed by atoms with van der Waals surface area (Å²) < 4.78 is 11.2. The Morgan fingerprint density at radius 2 is 2.00 bits per heavy atom. The van der Waals surface area contributed by atoms with Gasteiger partial charge in [0.1, 0.15) is 11.4 Å². The topological polar surface area (TPSA) is 68.7 Å². The van der Waals surface area contributed by atoms with E-state index in [0.29, 0.717) is 37.2 Å².